The van der Waals surface area contributed by atoms with Gasteiger partial charge in [-0.3, -0.25) is 0 Å². The highest BCUT2D eigenvalue weighted by Gasteiger charge is 2.23. The summed E-state index contributed by atoms with van der Waals surface area (Å²) in [7, 11) is -1.73. The monoisotopic (exact) mass is 330 g/mol. The van der Waals surface area contributed by atoms with Gasteiger partial charge in [0.15, 0.2) is 0 Å². The van der Waals surface area contributed by atoms with Crippen LogP contribution in [0, 0.1) is 6.92 Å². The number of hydrogen-bond donors (Lipinski definition) is 1. The minimum absolute atomic E-state index is 0.383. The lowest BCUT2D eigenvalue weighted by atomic mass is 10.3. The number of thiophene rings is 1. The molecule has 1 rings (SSSR count). The maximum absolute atomic E-state index is 12.5. The van der Waals surface area contributed by atoms with Crippen molar-refractivity contribution < 1.29 is 8.42 Å². The molecule has 0 aliphatic carbocycles. The van der Waals surface area contributed by atoms with Gasteiger partial charge < -0.3 is 5.32 Å². The average molecular weight is 331 g/mol. The van der Waals surface area contributed by atoms with Crippen LogP contribution in [0.1, 0.15) is 37.1 Å². The summed E-state index contributed by atoms with van der Waals surface area (Å²) in [5.41, 5.74) is 1.03. The summed E-state index contributed by atoms with van der Waals surface area (Å²) in [5.74, 6) is 0. The van der Waals surface area contributed by atoms with Crippen molar-refractivity contribution in [1.29, 1.82) is 0 Å². The van der Waals surface area contributed by atoms with Crippen molar-refractivity contribution in [2.75, 3.05) is 13.6 Å². The molecule has 6 heteroatoms. The zero-order valence-electron chi connectivity index (χ0n) is 13.3. The molecule has 0 aromatic carbocycles. The Hall–Kier alpha value is -0.690. The Labute approximate surface area is 132 Å². The van der Waals surface area contributed by atoms with Crippen molar-refractivity contribution in [2.45, 2.75) is 50.4 Å². The highest BCUT2D eigenvalue weighted by Crippen LogP contribution is 2.28. The molecule has 1 aromatic rings. The first-order chi connectivity index (χ1) is 9.78. The molecule has 0 aliphatic heterocycles. The van der Waals surface area contributed by atoms with E-state index in [9.17, 15) is 8.42 Å². The van der Waals surface area contributed by atoms with Gasteiger partial charge in [0, 0.05) is 31.1 Å². The van der Waals surface area contributed by atoms with E-state index in [-0.39, 0.29) is 0 Å². The first-order valence-corrected chi connectivity index (χ1v) is 9.44. The van der Waals surface area contributed by atoms with Gasteiger partial charge in [0.05, 0.1) is 0 Å². The smallest absolute Gasteiger partial charge is 0.252 e. The number of sulfonamides is 1. The van der Waals surface area contributed by atoms with Crippen LogP contribution in [0.2, 0.25) is 0 Å². The van der Waals surface area contributed by atoms with Crippen molar-refractivity contribution in [1.82, 2.24) is 9.62 Å². The van der Waals surface area contributed by atoms with Crippen LogP contribution in [0.5, 0.6) is 0 Å². The number of aryl methyl sites for hydroxylation is 1. The van der Waals surface area contributed by atoms with E-state index in [2.05, 4.69) is 25.7 Å². The standard InChI is InChI=1S/C15H26N2O2S2/c1-6-7-8-9-17(5)21(18,19)15-10-13(4)14(20-15)11-16-12(2)3/h6,10,12,16H,1,7-9,11H2,2-5H3. The number of allylic oxidation sites excluding steroid dienone is 1. The molecule has 21 heavy (non-hydrogen) atoms. The summed E-state index contributed by atoms with van der Waals surface area (Å²) in [5, 5.41) is 3.33. The highest BCUT2D eigenvalue weighted by molar-refractivity contribution is 7.91. The van der Waals surface area contributed by atoms with E-state index in [1.165, 1.54) is 15.6 Å². The van der Waals surface area contributed by atoms with Gasteiger partial charge in [-0.05, 0) is 31.4 Å². The molecular formula is C15H26N2O2S2. The fourth-order valence-electron chi connectivity index (χ4n) is 1.82. The molecule has 0 atom stereocenters. The Balaban J connectivity index is 2.83. The Morgan fingerprint density at radius 1 is 1.48 bits per heavy atom. The second-order valence-electron chi connectivity index (χ2n) is 5.46. The Bertz CT molecular complexity index is 562. The van der Waals surface area contributed by atoms with Crippen molar-refractivity contribution in [2.24, 2.45) is 0 Å². The van der Waals surface area contributed by atoms with E-state index in [0.29, 0.717) is 23.3 Å². The number of nitrogens with one attached hydrogen (secondary N) is 1. The van der Waals surface area contributed by atoms with Crippen LogP contribution in [0.15, 0.2) is 22.9 Å². The summed E-state index contributed by atoms with van der Waals surface area (Å²) in [4.78, 5) is 1.08. The molecule has 1 N–H and O–H groups in total. The highest BCUT2D eigenvalue weighted by atomic mass is 32.2. The van der Waals surface area contributed by atoms with Crippen LogP contribution in [-0.2, 0) is 16.6 Å². The van der Waals surface area contributed by atoms with Crippen LogP contribution in [0.3, 0.4) is 0 Å². The normalized spacial score (nSPS) is 12.3. The topological polar surface area (TPSA) is 49.4 Å². The minimum Gasteiger partial charge on any atom is -0.310 e. The van der Waals surface area contributed by atoms with E-state index in [4.69, 9.17) is 0 Å². The lowest BCUT2D eigenvalue weighted by Gasteiger charge is -2.15. The zero-order valence-corrected chi connectivity index (χ0v) is 15.0. The third kappa shape index (κ3) is 5.21. The van der Waals surface area contributed by atoms with Gasteiger partial charge in [0.1, 0.15) is 4.21 Å². The molecule has 0 spiro atoms. The maximum Gasteiger partial charge on any atom is 0.252 e. The molecule has 0 amide bonds. The predicted molar refractivity (Wildman–Crippen MR) is 90.3 cm³/mol. The molecule has 0 radical (unpaired) electrons. The van der Waals surface area contributed by atoms with Crippen LogP contribution in [0.25, 0.3) is 0 Å². The quantitative estimate of drug-likeness (QED) is 0.559. The van der Waals surface area contributed by atoms with Crippen LogP contribution < -0.4 is 5.32 Å². The molecule has 0 saturated carbocycles. The first kappa shape index (κ1) is 18.4. The van der Waals surface area contributed by atoms with E-state index in [0.717, 1.165) is 23.3 Å². The molecular weight excluding hydrogens is 304 g/mol. The lowest BCUT2D eigenvalue weighted by molar-refractivity contribution is 0.464. The third-order valence-electron chi connectivity index (χ3n) is 3.21. The van der Waals surface area contributed by atoms with Crippen LogP contribution in [0.4, 0.5) is 0 Å². The van der Waals surface area contributed by atoms with Gasteiger partial charge >= 0.3 is 0 Å². The summed E-state index contributed by atoms with van der Waals surface area (Å²) in [6.07, 6.45) is 3.43. The summed E-state index contributed by atoms with van der Waals surface area (Å²) in [6, 6.07) is 2.16. The van der Waals surface area contributed by atoms with Crippen molar-refractivity contribution in [3.8, 4) is 0 Å². The first-order valence-electron chi connectivity index (χ1n) is 7.19. The number of hydrogen-bond acceptors (Lipinski definition) is 4. The predicted octanol–water partition coefficient (Wildman–Crippen LogP) is 3.14. The van der Waals surface area contributed by atoms with E-state index in [1.54, 1.807) is 13.1 Å². The third-order valence-corrected chi connectivity index (χ3v) is 6.76. The van der Waals surface area contributed by atoms with Crippen molar-refractivity contribution in [3.05, 3.63) is 29.2 Å². The molecule has 4 nitrogen and oxygen atoms in total. The minimum atomic E-state index is -3.37. The van der Waals surface area contributed by atoms with Crippen molar-refractivity contribution in [3.63, 3.8) is 0 Å². The maximum atomic E-state index is 12.5. The number of unbranched alkanes of at least 4 members (excludes halogenated alkanes) is 1. The summed E-state index contributed by atoms with van der Waals surface area (Å²) < 4.78 is 26.9. The van der Waals surface area contributed by atoms with Crippen LogP contribution in [-0.4, -0.2) is 32.4 Å². The van der Waals surface area contributed by atoms with E-state index in [1.807, 2.05) is 13.0 Å². The van der Waals surface area contributed by atoms with Crippen molar-refractivity contribution >= 4 is 21.4 Å². The Morgan fingerprint density at radius 3 is 2.71 bits per heavy atom. The van der Waals surface area contributed by atoms with Gasteiger partial charge in [-0.15, -0.1) is 17.9 Å². The van der Waals surface area contributed by atoms with Gasteiger partial charge in [-0.2, -0.15) is 0 Å². The molecule has 1 aromatic heterocycles. The largest absolute Gasteiger partial charge is 0.310 e. The van der Waals surface area contributed by atoms with Crippen LogP contribution >= 0.6 is 11.3 Å². The molecule has 0 bridgehead atoms. The second-order valence-corrected chi connectivity index (χ2v) is 8.87. The van der Waals surface area contributed by atoms with Gasteiger partial charge in [0.25, 0.3) is 10.0 Å². The number of rotatable bonds is 9. The second kappa shape index (κ2) is 8.08. The molecule has 0 aliphatic rings. The average Bonchev–Trinajstić information content (AvgIpc) is 2.78. The Morgan fingerprint density at radius 2 is 2.14 bits per heavy atom. The fourth-order valence-corrected chi connectivity index (χ4v) is 4.78. The zero-order chi connectivity index (χ0) is 16.0. The Kier molecular flexibility index (Phi) is 7.06. The van der Waals surface area contributed by atoms with E-state index >= 15 is 0 Å². The van der Waals surface area contributed by atoms with Gasteiger partial charge in [0.2, 0.25) is 0 Å². The molecule has 0 unspecified atom stereocenters. The molecule has 1 heterocycles. The molecule has 120 valence electrons. The van der Waals surface area contributed by atoms with Gasteiger partial charge in [-0.1, -0.05) is 19.9 Å². The lowest BCUT2D eigenvalue weighted by Crippen LogP contribution is -2.27. The van der Waals surface area contributed by atoms with E-state index < -0.39 is 10.0 Å². The molecule has 0 fully saturated rings. The van der Waals surface area contributed by atoms with Gasteiger partial charge in [-0.25, -0.2) is 12.7 Å². The number of nitrogens with zero attached hydrogens (tertiary/aromatic N) is 1. The molecule has 0 saturated heterocycles. The SMILES string of the molecule is C=CCCCN(C)S(=O)(=O)c1cc(C)c(CNC(C)C)s1. The fraction of sp³-hybridized carbons (Fsp3) is 0.600. The summed E-state index contributed by atoms with van der Waals surface area (Å²) in [6.45, 7) is 11.0. The summed E-state index contributed by atoms with van der Waals surface area (Å²) >= 11 is 1.36.